The summed E-state index contributed by atoms with van der Waals surface area (Å²) in [6, 6.07) is 6.29. The van der Waals surface area contributed by atoms with Gasteiger partial charge in [0, 0.05) is 11.5 Å². The van der Waals surface area contributed by atoms with Crippen LogP contribution < -0.4 is 0 Å². The van der Waals surface area contributed by atoms with E-state index in [4.69, 9.17) is 0 Å². The van der Waals surface area contributed by atoms with Crippen LogP contribution >= 0.6 is 0 Å². The molecule has 0 aliphatic carbocycles. The fourth-order valence-electron chi connectivity index (χ4n) is 1.57. The number of allylic oxidation sites excluding steroid dienone is 2. The smallest absolute Gasteiger partial charge is 0.0251 e. The molecular formula is C17H20. The van der Waals surface area contributed by atoms with Gasteiger partial charge in [-0.3, -0.25) is 0 Å². The van der Waals surface area contributed by atoms with E-state index < -0.39 is 0 Å². The molecule has 1 rings (SSSR count). The molecule has 0 atom stereocenters. The molecule has 0 aromatic heterocycles. The largest absolute Gasteiger partial charge is 0.0955 e. The molecule has 0 aliphatic heterocycles. The van der Waals surface area contributed by atoms with Gasteiger partial charge in [0.2, 0.25) is 0 Å². The summed E-state index contributed by atoms with van der Waals surface area (Å²) in [6.07, 6.45) is 4.14. The van der Waals surface area contributed by atoms with E-state index >= 15 is 0 Å². The maximum Gasteiger partial charge on any atom is 0.0251 e. The number of benzene rings is 1. The van der Waals surface area contributed by atoms with E-state index in [0.717, 1.165) is 11.1 Å². The Labute approximate surface area is 105 Å². The second kappa shape index (κ2) is 6.11. The highest BCUT2D eigenvalue weighted by molar-refractivity contribution is 5.73. The molecule has 0 fully saturated rings. The maximum absolute atomic E-state index is 4.00. The van der Waals surface area contributed by atoms with Crippen molar-refractivity contribution in [1.29, 1.82) is 0 Å². The molecule has 0 nitrogen and oxygen atoms in total. The van der Waals surface area contributed by atoms with Crippen LogP contribution in [-0.4, -0.2) is 0 Å². The number of hydrogen-bond donors (Lipinski definition) is 0. The first kappa shape index (κ1) is 13.3. The first-order valence-corrected chi connectivity index (χ1v) is 5.98. The molecule has 0 spiro atoms. The number of hydrogen-bond acceptors (Lipinski definition) is 0. The normalized spacial score (nSPS) is 10.4. The van der Waals surface area contributed by atoms with Crippen molar-refractivity contribution in [3.8, 4) is 11.8 Å². The first-order valence-electron chi connectivity index (χ1n) is 5.98. The minimum atomic E-state index is 0.404. The van der Waals surface area contributed by atoms with Crippen molar-refractivity contribution in [1.82, 2.24) is 0 Å². The fourth-order valence-corrected chi connectivity index (χ4v) is 1.57. The third-order valence-corrected chi connectivity index (χ3v) is 2.36. The van der Waals surface area contributed by atoms with E-state index in [9.17, 15) is 0 Å². The highest BCUT2D eigenvalue weighted by Gasteiger charge is 2.01. The molecular weight excluding hydrogens is 204 g/mol. The van der Waals surface area contributed by atoms with Gasteiger partial charge in [0.1, 0.15) is 0 Å². The molecule has 0 saturated heterocycles. The second-order valence-electron chi connectivity index (χ2n) is 4.51. The third-order valence-electron chi connectivity index (χ3n) is 2.36. The average molecular weight is 224 g/mol. The molecule has 0 bridgehead atoms. The molecule has 0 unspecified atom stereocenters. The first-order chi connectivity index (χ1) is 8.04. The minimum absolute atomic E-state index is 0.404. The Kier molecular flexibility index (Phi) is 4.79. The molecule has 0 heteroatoms. The van der Waals surface area contributed by atoms with E-state index in [1.165, 1.54) is 11.1 Å². The summed E-state index contributed by atoms with van der Waals surface area (Å²) in [5.74, 6) is 6.78. The quantitative estimate of drug-likeness (QED) is 0.635. The lowest BCUT2D eigenvalue weighted by molar-refractivity contribution is 0.866. The fraction of sp³-hybridized carbons (Fsp3) is 0.294. The van der Waals surface area contributed by atoms with E-state index in [-0.39, 0.29) is 0 Å². The highest BCUT2D eigenvalue weighted by Crippen LogP contribution is 2.20. The van der Waals surface area contributed by atoms with E-state index in [1.807, 2.05) is 19.9 Å². The van der Waals surface area contributed by atoms with Crippen LogP contribution in [0.4, 0.5) is 0 Å². The summed E-state index contributed by atoms with van der Waals surface area (Å²) in [5.41, 5.74) is 4.53. The summed E-state index contributed by atoms with van der Waals surface area (Å²) in [7, 11) is 0. The zero-order valence-corrected chi connectivity index (χ0v) is 11.2. The molecule has 1 aromatic carbocycles. The molecule has 0 N–H and O–H groups in total. The van der Waals surface area contributed by atoms with Gasteiger partial charge >= 0.3 is 0 Å². The summed E-state index contributed by atoms with van der Waals surface area (Å²) < 4.78 is 0. The van der Waals surface area contributed by atoms with Crippen LogP contribution in [0.15, 0.2) is 30.9 Å². The molecule has 0 heterocycles. The van der Waals surface area contributed by atoms with E-state index in [2.05, 4.69) is 56.5 Å². The predicted octanol–water partition coefficient (Wildman–Crippen LogP) is 4.76. The average Bonchev–Trinajstić information content (AvgIpc) is 2.26. The Hall–Kier alpha value is -1.74. The Morgan fingerprint density at radius 2 is 2.06 bits per heavy atom. The van der Waals surface area contributed by atoms with Crippen LogP contribution in [0.2, 0.25) is 0 Å². The van der Waals surface area contributed by atoms with E-state index in [0.29, 0.717) is 5.92 Å². The van der Waals surface area contributed by atoms with Gasteiger partial charge in [0.15, 0.2) is 0 Å². The van der Waals surface area contributed by atoms with Crippen molar-refractivity contribution in [2.45, 2.75) is 27.7 Å². The van der Waals surface area contributed by atoms with Gasteiger partial charge in [-0.15, -0.1) is 0 Å². The van der Waals surface area contributed by atoms with Crippen molar-refractivity contribution in [2.75, 3.05) is 0 Å². The molecule has 0 saturated carbocycles. The highest BCUT2D eigenvalue weighted by atomic mass is 14.0. The zero-order valence-electron chi connectivity index (χ0n) is 11.2. The van der Waals surface area contributed by atoms with Gasteiger partial charge in [-0.25, -0.2) is 0 Å². The lowest BCUT2D eigenvalue weighted by Gasteiger charge is -2.06. The van der Waals surface area contributed by atoms with Crippen molar-refractivity contribution < 1.29 is 0 Å². The second-order valence-corrected chi connectivity index (χ2v) is 4.51. The van der Waals surface area contributed by atoms with Gasteiger partial charge in [-0.2, -0.15) is 0 Å². The lowest BCUT2D eigenvalue weighted by atomic mass is 9.99. The van der Waals surface area contributed by atoms with Gasteiger partial charge in [-0.1, -0.05) is 56.1 Å². The minimum Gasteiger partial charge on any atom is -0.0955 e. The predicted molar refractivity (Wildman–Crippen MR) is 77.6 cm³/mol. The lowest BCUT2D eigenvalue weighted by Crippen LogP contribution is -1.87. The Morgan fingerprint density at radius 1 is 1.35 bits per heavy atom. The van der Waals surface area contributed by atoms with Crippen LogP contribution in [0.3, 0.4) is 0 Å². The molecule has 0 aliphatic rings. The molecule has 17 heavy (non-hydrogen) atoms. The van der Waals surface area contributed by atoms with Crippen LogP contribution in [0.5, 0.6) is 0 Å². The monoisotopic (exact) mass is 224 g/mol. The van der Waals surface area contributed by atoms with Gasteiger partial charge in [-0.05, 0) is 37.1 Å². The molecule has 1 aromatic rings. The molecule has 88 valence electrons. The Morgan fingerprint density at radius 3 is 2.59 bits per heavy atom. The summed E-state index contributed by atoms with van der Waals surface area (Å²) in [4.78, 5) is 0. The van der Waals surface area contributed by atoms with Crippen LogP contribution in [0, 0.1) is 17.8 Å². The van der Waals surface area contributed by atoms with E-state index in [1.54, 1.807) is 0 Å². The summed E-state index contributed by atoms with van der Waals surface area (Å²) >= 11 is 0. The van der Waals surface area contributed by atoms with Crippen LogP contribution in [0.1, 0.15) is 44.4 Å². The summed E-state index contributed by atoms with van der Waals surface area (Å²) in [6.45, 7) is 12.3. The van der Waals surface area contributed by atoms with Crippen LogP contribution in [0.25, 0.3) is 11.6 Å². The van der Waals surface area contributed by atoms with Crippen molar-refractivity contribution >= 4 is 11.6 Å². The Balaban J connectivity index is 3.20. The number of rotatable bonds is 2. The van der Waals surface area contributed by atoms with Crippen molar-refractivity contribution in [3.63, 3.8) is 0 Å². The zero-order chi connectivity index (χ0) is 12.8. The topological polar surface area (TPSA) is 0 Å². The van der Waals surface area contributed by atoms with Gasteiger partial charge < -0.3 is 0 Å². The molecule has 0 radical (unpaired) electrons. The summed E-state index contributed by atoms with van der Waals surface area (Å²) in [5, 5.41) is 0. The van der Waals surface area contributed by atoms with Crippen molar-refractivity contribution in [2.24, 2.45) is 5.92 Å². The van der Waals surface area contributed by atoms with Crippen molar-refractivity contribution in [3.05, 3.63) is 47.5 Å². The third kappa shape index (κ3) is 3.96. The SMILES string of the molecule is C=C(C)c1ccc(C#CC(C)C)cc1/C=C\C. The Bertz CT molecular complexity index is 491. The maximum atomic E-state index is 4.00. The van der Waals surface area contributed by atoms with Crippen LogP contribution in [-0.2, 0) is 0 Å². The van der Waals surface area contributed by atoms with Gasteiger partial charge in [0.25, 0.3) is 0 Å². The van der Waals surface area contributed by atoms with Gasteiger partial charge in [0.05, 0.1) is 0 Å². The standard InChI is InChI=1S/C17H20/c1-6-7-16-12-15(9-8-13(2)3)10-11-17(16)14(4)5/h6-7,10-13H,4H2,1-3,5H3/b7-6-. The molecule has 0 amide bonds.